The highest BCUT2D eigenvalue weighted by atomic mass is 35.5. The van der Waals surface area contributed by atoms with Crippen molar-refractivity contribution in [2.24, 2.45) is 22.8 Å². The van der Waals surface area contributed by atoms with Gasteiger partial charge in [-0.2, -0.15) is 32.2 Å². The van der Waals surface area contributed by atoms with Crippen molar-refractivity contribution in [2.75, 3.05) is 26.4 Å². The third-order valence-electron chi connectivity index (χ3n) is 6.02. The molecule has 43 heavy (non-hydrogen) atoms. The molecule has 0 amide bonds. The van der Waals surface area contributed by atoms with E-state index in [1.165, 1.54) is 35.5 Å². The molecule has 1 aromatic heterocycles. The quantitative estimate of drug-likeness (QED) is 0.0984. The van der Waals surface area contributed by atoms with Crippen molar-refractivity contribution in [3.8, 4) is 0 Å². The molecule has 2 atom stereocenters. The summed E-state index contributed by atoms with van der Waals surface area (Å²) >= 11 is 6.14. The minimum atomic E-state index is -5.19. The molecule has 244 valence electrons. The average molecular weight is 648 g/mol. The van der Waals surface area contributed by atoms with Crippen molar-refractivity contribution in [3.05, 3.63) is 46.1 Å². The fraction of sp³-hybridized carbons (Fsp3) is 0.480. The summed E-state index contributed by atoms with van der Waals surface area (Å²) in [5, 5.41) is 23.9. The molecule has 2 aromatic rings. The maximum atomic E-state index is 10.5. The molecule has 8 N–H and O–H groups in total. The maximum Gasteiger partial charge on any atom is 0.430 e. The first-order valence-electron chi connectivity index (χ1n) is 12.1. The Hall–Kier alpha value is -3.86. The van der Waals surface area contributed by atoms with Crippen LogP contribution in [-0.2, 0) is 16.0 Å². The van der Waals surface area contributed by atoms with E-state index in [9.17, 15) is 26.3 Å². The van der Waals surface area contributed by atoms with Crippen LogP contribution in [0.5, 0.6) is 0 Å². The topological polar surface area (TPSA) is 202 Å². The van der Waals surface area contributed by atoms with Crippen LogP contribution in [0.4, 0.5) is 32.0 Å². The van der Waals surface area contributed by atoms with E-state index in [-0.39, 0.29) is 8.85 Å². The van der Waals surface area contributed by atoms with Crippen LogP contribution >= 0.6 is 11.6 Å². The predicted molar refractivity (Wildman–Crippen MR) is 143 cm³/mol. The molecule has 2 aliphatic carbocycles. The Balaban J connectivity index is 0. The number of hydrogen-bond acceptors (Lipinski definition) is 7. The van der Waals surface area contributed by atoms with Gasteiger partial charge >= 0.3 is 12.4 Å². The van der Waals surface area contributed by atoms with E-state index < -0.39 is 24.3 Å². The molecule has 18 heteroatoms. The Morgan fingerprint density at radius 3 is 2.09 bits per heavy atom. The van der Waals surface area contributed by atoms with Gasteiger partial charge in [0.15, 0.2) is 0 Å². The number of nitrogen functional groups attached to an aromatic ring is 1. The molecular weight excluding hydrogens is 612 g/mol. The number of nitrogens with one attached hydrogen (secondary N) is 2. The summed E-state index contributed by atoms with van der Waals surface area (Å²) in [6, 6.07) is 5.85. The third-order valence-corrected chi connectivity index (χ3v) is 6.26. The van der Waals surface area contributed by atoms with Gasteiger partial charge in [0.1, 0.15) is 11.9 Å². The summed E-state index contributed by atoms with van der Waals surface area (Å²) in [7, 11) is 4.44. The van der Waals surface area contributed by atoms with Gasteiger partial charge in [-0.25, -0.2) is 0 Å². The van der Waals surface area contributed by atoms with Gasteiger partial charge in [-0.05, 0) is 49.3 Å². The highest BCUT2D eigenvalue weighted by Gasteiger charge is 2.34. The molecule has 0 fully saturated rings. The number of carboxylic acid groups (broad SMARTS) is 2. The zero-order valence-corrected chi connectivity index (χ0v) is 23.2. The first kappa shape index (κ1) is 39.1. The number of pyridine rings is 1. The van der Waals surface area contributed by atoms with Gasteiger partial charge in [-0.1, -0.05) is 35.9 Å². The number of nitrogens with zero attached hydrogens (tertiary/aromatic N) is 2. The lowest BCUT2D eigenvalue weighted by molar-refractivity contribution is -0.857. The first-order valence-corrected chi connectivity index (χ1v) is 12.5. The summed E-state index contributed by atoms with van der Waals surface area (Å²) in [4.78, 5) is 24.0. The fourth-order valence-corrected chi connectivity index (χ4v) is 4.55. The lowest BCUT2D eigenvalue weighted by Gasteiger charge is -2.36. The van der Waals surface area contributed by atoms with E-state index in [4.69, 9.17) is 42.1 Å². The van der Waals surface area contributed by atoms with Crippen LogP contribution in [0, 0.1) is 5.92 Å². The molecule has 0 aliphatic heterocycles. The number of anilines is 1. The van der Waals surface area contributed by atoms with Crippen molar-refractivity contribution in [1.29, 1.82) is 0 Å². The molecule has 2 unspecified atom stereocenters. The first-order chi connectivity index (χ1) is 19.3. The van der Waals surface area contributed by atoms with E-state index in [1.54, 1.807) is 5.57 Å². The molecule has 11 nitrogen and oxygen atoms in total. The number of hydrogen-bond donors (Lipinski definition) is 5. The van der Waals surface area contributed by atoms with Gasteiger partial charge in [0, 0.05) is 35.2 Å². The van der Waals surface area contributed by atoms with Gasteiger partial charge in [0.2, 0.25) is 0 Å². The highest BCUT2D eigenvalue weighted by Crippen LogP contribution is 2.47. The van der Waals surface area contributed by atoms with E-state index in [0.717, 1.165) is 34.5 Å². The van der Waals surface area contributed by atoms with E-state index in [2.05, 4.69) is 37.1 Å². The Bertz CT molecular complexity index is 1280. The summed E-state index contributed by atoms with van der Waals surface area (Å²) < 4.78 is 63.1. The molecule has 4 rings (SSSR count). The number of quaternary nitrogens is 1. The number of allylic oxidation sites excluding steroid dienone is 1. The number of fused-ring (bicyclic) bond motifs is 5. The van der Waals surface area contributed by atoms with Gasteiger partial charge in [-0.15, -0.1) is 0 Å². The lowest BCUT2D eigenvalue weighted by atomic mass is 9.70. The lowest BCUT2D eigenvalue weighted by Crippen LogP contribution is -3.05. The largest absolute Gasteiger partial charge is 0.542 e. The predicted octanol–water partition coefficient (Wildman–Crippen LogP) is -0.273. The fourth-order valence-electron chi connectivity index (χ4n) is 4.38. The van der Waals surface area contributed by atoms with Crippen LogP contribution in [-0.4, -0.2) is 49.9 Å². The number of carbonyl (C=O) groups is 2. The van der Waals surface area contributed by atoms with Gasteiger partial charge < -0.3 is 30.4 Å². The molecule has 0 radical (unpaired) electrons. The van der Waals surface area contributed by atoms with E-state index in [0.29, 0.717) is 11.8 Å². The molecular formula is C25H36ClF6N7O4. The number of nitrogens with two attached hydrogens (primary N) is 3. The van der Waals surface area contributed by atoms with Crippen LogP contribution in [0.3, 0.4) is 0 Å². The zero-order valence-electron chi connectivity index (χ0n) is 22.4. The Morgan fingerprint density at radius 2 is 1.65 bits per heavy atom. The second kappa shape index (κ2) is 16.7. The molecule has 2 aliphatic rings. The number of carbonyl (C=O) groups excluding carboxylic acids is 2. The number of hydrazine groups is 1. The van der Waals surface area contributed by atoms with Gasteiger partial charge in [-0.3, -0.25) is 10.8 Å². The molecule has 1 heterocycles. The Labute approximate surface area is 249 Å². The molecule has 2 bridgehead atoms. The molecule has 0 saturated heterocycles. The maximum absolute atomic E-state index is 10.5. The summed E-state index contributed by atoms with van der Waals surface area (Å²) in [6.45, 7) is 1.20. The number of aliphatic carboxylic acids is 2. The summed E-state index contributed by atoms with van der Waals surface area (Å²) in [6.07, 6.45) is -3.31. The molecule has 0 spiro atoms. The van der Waals surface area contributed by atoms with Crippen LogP contribution in [0.25, 0.3) is 10.9 Å². The third kappa shape index (κ3) is 12.5. The summed E-state index contributed by atoms with van der Waals surface area (Å²) in [5.74, 6) is 4.04. The standard InChI is InChI=1S/C20H24ClN3.2C2HF3O2.CH4.H4N4.H2/c1-24(2)6-5-12-7-13-9-14(8-12)19-18(10-13)23-17-11-15(21)3-4-16(17)20(19)22;2*3-2(4,5)1(6)7;;1-3-4-2;/h3-4,7,11,13-14H,5-6,8-10H2,1-2H3,(H2,22,23);2*(H,6,7);1H4;(H2,1,4)(H2,2,3);1H. The molecule has 0 saturated carbocycles. The van der Waals surface area contributed by atoms with E-state index in [1.807, 2.05) is 23.4 Å². The minimum Gasteiger partial charge on any atom is -0.542 e. The number of halogens is 7. The Kier molecular flexibility index (Phi) is 15.2. The highest BCUT2D eigenvalue weighted by molar-refractivity contribution is 6.31. The number of carboxylic acids is 2. The van der Waals surface area contributed by atoms with Crippen molar-refractivity contribution in [1.82, 2.24) is 4.98 Å². The second-order valence-electron chi connectivity index (χ2n) is 9.51. The van der Waals surface area contributed by atoms with Crippen molar-refractivity contribution in [3.63, 3.8) is 0 Å². The number of benzene rings is 1. The minimum absolute atomic E-state index is 0. The van der Waals surface area contributed by atoms with Crippen molar-refractivity contribution >= 4 is 40.1 Å². The smallest absolute Gasteiger partial charge is 0.430 e. The van der Waals surface area contributed by atoms with Crippen LogP contribution in [0.1, 0.15) is 45.3 Å². The van der Waals surface area contributed by atoms with E-state index >= 15 is 0 Å². The van der Waals surface area contributed by atoms with Crippen molar-refractivity contribution in [2.45, 2.75) is 51.4 Å². The van der Waals surface area contributed by atoms with Crippen LogP contribution in [0.15, 0.2) is 35.1 Å². The average Bonchev–Trinajstić information content (AvgIpc) is 2.86. The van der Waals surface area contributed by atoms with Gasteiger partial charge in [0.05, 0.1) is 31.4 Å². The SMILES string of the molecule is C.C[NH+](C)CCC1=CC2Cc3nc4cc(Cl)ccc4c(N)c3C(C1)C2.N/N=[NH+]/N.O=C([O-])C(F)(F)F.O=C([O-])C(F)(F)F.[HH]. The zero-order chi connectivity index (χ0) is 32.4. The normalized spacial score (nSPS) is 17.1. The number of alkyl halides is 6. The summed E-state index contributed by atoms with van der Waals surface area (Å²) in [5.41, 5.74) is 12.6. The second-order valence-corrected chi connectivity index (χ2v) is 9.95. The van der Waals surface area contributed by atoms with Crippen LogP contribution in [0.2, 0.25) is 5.02 Å². The Morgan fingerprint density at radius 1 is 1.14 bits per heavy atom. The molecule has 1 aromatic carbocycles. The number of aromatic nitrogens is 1. The number of rotatable bonds is 3. The monoisotopic (exact) mass is 647 g/mol. The van der Waals surface area contributed by atoms with Gasteiger partial charge in [0.25, 0.3) is 0 Å². The van der Waals surface area contributed by atoms with Crippen molar-refractivity contribution < 1.29 is 57.7 Å². The van der Waals surface area contributed by atoms with Crippen LogP contribution < -0.4 is 37.8 Å².